The smallest absolute Gasteiger partial charge is 0.315 e. The van der Waals surface area contributed by atoms with Gasteiger partial charge in [-0.2, -0.15) is 4.98 Å². The Balaban J connectivity index is 1.56. The topological polar surface area (TPSA) is 102 Å². The second kappa shape index (κ2) is 8.13. The van der Waals surface area contributed by atoms with E-state index in [1.165, 1.54) is 12.1 Å². The van der Waals surface area contributed by atoms with Gasteiger partial charge >= 0.3 is 11.8 Å². The molecule has 0 spiro atoms. The molecule has 1 amide bonds. The van der Waals surface area contributed by atoms with Crippen molar-refractivity contribution >= 4 is 15.7 Å². The van der Waals surface area contributed by atoms with Gasteiger partial charge in [0.25, 0.3) is 0 Å². The van der Waals surface area contributed by atoms with Crippen molar-refractivity contribution in [2.75, 3.05) is 5.75 Å². The number of rotatable bonds is 7. The van der Waals surface area contributed by atoms with Crippen LogP contribution in [0.4, 0.5) is 0 Å². The molecule has 27 heavy (non-hydrogen) atoms. The summed E-state index contributed by atoms with van der Waals surface area (Å²) in [6, 6.07) is 15.9. The van der Waals surface area contributed by atoms with Crippen molar-refractivity contribution in [3.8, 4) is 0 Å². The summed E-state index contributed by atoms with van der Waals surface area (Å²) < 4.78 is 29.5. The van der Waals surface area contributed by atoms with Crippen LogP contribution in [0, 0.1) is 6.92 Å². The van der Waals surface area contributed by atoms with Crippen LogP contribution in [0.25, 0.3) is 0 Å². The number of hydrogen-bond acceptors (Lipinski definition) is 6. The Kier molecular flexibility index (Phi) is 5.66. The second-order valence-corrected chi connectivity index (χ2v) is 8.18. The van der Waals surface area contributed by atoms with Crippen LogP contribution in [0.3, 0.4) is 0 Å². The van der Waals surface area contributed by atoms with E-state index in [-0.39, 0.29) is 28.8 Å². The molecule has 0 fully saturated rings. The van der Waals surface area contributed by atoms with Crippen molar-refractivity contribution in [1.82, 2.24) is 15.5 Å². The number of aromatic nitrogens is 2. The van der Waals surface area contributed by atoms with E-state index in [0.29, 0.717) is 6.54 Å². The van der Waals surface area contributed by atoms with Gasteiger partial charge in [-0.3, -0.25) is 4.79 Å². The normalized spacial score (nSPS) is 11.3. The molecule has 0 radical (unpaired) electrons. The van der Waals surface area contributed by atoms with E-state index >= 15 is 0 Å². The third-order valence-electron chi connectivity index (χ3n) is 3.93. The second-order valence-electron chi connectivity index (χ2n) is 6.07. The highest BCUT2D eigenvalue weighted by Crippen LogP contribution is 2.11. The first-order chi connectivity index (χ1) is 12.9. The molecule has 3 rings (SSSR count). The zero-order valence-electron chi connectivity index (χ0n) is 14.8. The molecule has 1 heterocycles. The maximum absolute atomic E-state index is 12.3. The van der Waals surface area contributed by atoms with Crippen molar-refractivity contribution < 1.29 is 17.7 Å². The standard InChI is InChI=1S/C19H19N3O4S/c1-14-7-9-15(10-8-14)13-20-18(23)19-21-17(22-26-19)11-12-27(24,25)16-5-3-2-4-6-16/h2-10H,11-13H2,1H3,(H,20,23). The van der Waals surface area contributed by atoms with Gasteiger partial charge in [-0.1, -0.05) is 53.2 Å². The molecular formula is C19H19N3O4S. The maximum atomic E-state index is 12.3. The van der Waals surface area contributed by atoms with Crippen LogP contribution < -0.4 is 5.32 Å². The molecule has 0 unspecified atom stereocenters. The van der Waals surface area contributed by atoms with E-state index in [1.54, 1.807) is 18.2 Å². The molecule has 7 nitrogen and oxygen atoms in total. The molecule has 0 aliphatic heterocycles. The fourth-order valence-corrected chi connectivity index (χ4v) is 3.64. The average molecular weight is 385 g/mol. The van der Waals surface area contributed by atoms with Crippen LogP contribution in [0.1, 0.15) is 27.6 Å². The van der Waals surface area contributed by atoms with Crippen LogP contribution in [0.5, 0.6) is 0 Å². The predicted octanol–water partition coefficient (Wildman–Crippen LogP) is 2.32. The zero-order valence-corrected chi connectivity index (χ0v) is 15.6. The molecule has 0 aliphatic carbocycles. The van der Waals surface area contributed by atoms with Gasteiger partial charge in [0.2, 0.25) is 0 Å². The fraction of sp³-hybridized carbons (Fsp3) is 0.211. The third-order valence-corrected chi connectivity index (χ3v) is 5.66. The molecule has 140 valence electrons. The van der Waals surface area contributed by atoms with Crippen molar-refractivity contribution in [2.45, 2.75) is 24.8 Å². The number of aryl methyl sites for hydroxylation is 2. The lowest BCUT2D eigenvalue weighted by Crippen LogP contribution is -2.23. The SMILES string of the molecule is Cc1ccc(CNC(=O)c2nc(CCS(=O)(=O)c3ccccc3)no2)cc1. The Hall–Kier alpha value is -3.00. The number of carbonyl (C=O) groups is 1. The summed E-state index contributed by atoms with van der Waals surface area (Å²) in [5.74, 6) is -0.675. The Bertz CT molecular complexity index is 1010. The molecule has 0 saturated heterocycles. The summed E-state index contributed by atoms with van der Waals surface area (Å²) >= 11 is 0. The van der Waals surface area contributed by atoms with Gasteiger partial charge in [0.15, 0.2) is 15.7 Å². The minimum absolute atomic E-state index is 0.0615. The Morgan fingerprint density at radius 3 is 2.48 bits per heavy atom. The van der Waals surface area contributed by atoms with Gasteiger partial charge in [0.05, 0.1) is 10.6 Å². The van der Waals surface area contributed by atoms with E-state index in [1.807, 2.05) is 31.2 Å². The van der Waals surface area contributed by atoms with E-state index < -0.39 is 15.7 Å². The van der Waals surface area contributed by atoms with Crippen LogP contribution >= 0.6 is 0 Å². The zero-order chi connectivity index (χ0) is 19.3. The highest BCUT2D eigenvalue weighted by Gasteiger charge is 2.18. The largest absolute Gasteiger partial charge is 0.344 e. The fourth-order valence-electron chi connectivity index (χ4n) is 2.38. The van der Waals surface area contributed by atoms with Crippen LogP contribution in [-0.2, 0) is 22.8 Å². The molecule has 8 heteroatoms. The van der Waals surface area contributed by atoms with Crippen LogP contribution in [-0.4, -0.2) is 30.2 Å². The molecule has 1 N–H and O–H groups in total. The molecular weight excluding hydrogens is 366 g/mol. The highest BCUT2D eigenvalue weighted by molar-refractivity contribution is 7.91. The molecule has 2 aromatic carbocycles. The monoisotopic (exact) mass is 385 g/mol. The minimum Gasteiger partial charge on any atom is -0.344 e. The van der Waals surface area contributed by atoms with Crippen LogP contribution in [0.15, 0.2) is 64.0 Å². The van der Waals surface area contributed by atoms with Gasteiger partial charge in [-0.25, -0.2) is 8.42 Å². The van der Waals surface area contributed by atoms with Gasteiger partial charge in [0, 0.05) is 13.0 Å². The number of hydrogen-bond donors (Lipinski definition) is 1. The number of sulfone groups is 1. The first kappa shape index (κ1) is 18.8. The summed E-state index contributed by atoms with van der Waals surface area (Å²) in [6.07, 6.45) is 0.0615. The Morgan fingerprint density at radius 1 is 1.07 bits per heavy atom. The van der Waals surface area contributed by atoms with Crippen molar-refractivity contribution in [1.29, 1.82) is 0 Å². The first-order valence-electron chi connectivity index (χ1n) is 8.38. The maximum Gasteiger partial charge on any atom is 0.315 e. The lowest BCUT2D eigenvalue weighted by Gasteiger charge is -2.02. The van der Waals surface area contributed by atoms with Crippen molar-refractivity contribution in [2.24, 2.45) is 0 Å². The van der Waals surface area contributed by atoms with Crippen LogP contribution in [0.2, 0.25) is 0 Å². The molecule has 1 aromatic heterocycles. The number of benzene rings is 2. The van der Waals surface area contributed by atoms with Crippen molar-refractivity contribution in [3.05, 3.63) is 77.4 Å². The lowest BCUT2D eigenvalue weighted by atomic mass is 10.1. The van der Waals surface area contributed by atoms with Gasteiger partial charge in [-0.05, 0) is 24.6 Å². The third kappa shape index (κ3) is 5.01. The average Bonchev–Trinajstić information content (AvgIpc) is 3.16. The van der Waals surface area contributed by atoms with Gasteiger partial charge in [-0.15, -0.1) is 0 Å². The molecule has 3 aromatic rings. The molecule has 0 atom stereocenters. The number of nitrogens with one attached hydrogen (secondary N) is 1. The summed E-state index contributed by atoms with van der Waals surface area (Å²) in [4.78, 5) is 16.3. The summed E-state index contributed by atoms with van der Waals surface area (Å²) in [5.41, 5.74) is 2.08. The van der Waals surface area contributed by atoms with Gasteiger partial charge in [0.1, 0.15) is 0 Å². The predicted molar refractivity (Wildman–Crippen MR) is 98.8 cm³/mol. The number of carbonyl (C=O) groups excluding carboxylic acids is 1. The Labute approximate surface area is 157 Å². The van der Waals surface area contributed by atoms with E-state index in [9.17, 15) is 13.2 Å². The van der Waals surface area contributed by atoms with Crippen molar-refractivity contribution in [3.63, 3.8) is 0 Å². The summed E-state index contributed by atoms with van der Waals surface area (Å²) in [5, 5.41) is 6.38. The van der Waals surface area contributed by atoms with E-state index in [2.05, 4.69) is 15.5 Å². The molecule has 0 bridgehead atoms. The minimum atomic E-state index is -3.44. The number of amides is 1. The molecule has 0 saturated carbocycles. The van der Waals surface area contributed by atoms with Gasteiger partial charge < -0.3 is 9.84 Å². The van der Waals surface area contributed by atoms with E-state index in [4.69, 9.17) is 4.52 Å². The Morgan fingerprint density at radius 2 is 1.78 bits per heavy atom. The van der Waals surface area contributed by atoms with E-state index in [0.717, 1.165) is 11.1 Å². The first-order valence-corrected chi connectivity index (χ1v) is 10.0. The summed E-state index contributed by atoms with van der Waals surface area (Å²) in [7, 11) is -3.44. The summed E-state index contributed by atoms with van der Waals surface area (Å²) in [6.45, 7) is 2.32. The quantitative estimate of drug-likeness (QED) is 0.670. The lowest BCUT2D eigenvalue weighted by molar-refractivity contribution is 0.0907. The highest BCUT2D eigenvalue weighted by atomic mass is 32.2. The molecule has 0 aliphatic rings. The number of nitrogens with zero attached hydrogens (tertiary/aromatic N) is 2.